The van der Waals surface area contributed by atoms with Crippen molar-refractivity contribution >= 4 is 39.4 Å². The number of para-hydroxylation sites is 1. The number of aliphatic carboxylic acids is 1. The molecule has 27 heavy (non-hydrogen) atoms. The van der Waals surface area contributed by atoms with Crippen molar-refractivity contribution in [2.24, 2.45) is 11.8 Å². The largest absolute Gasteiger partial charge is 0.508 e. The lowest BCUT2D eigenvalue weighted by atomic mass is 9.86. The highest BCUT2D eigenvalue weighted by atomic mass is 79.9. The van der Waals surface area contributed by atoms with E-state index in [2.05, 4.69) is 21.2 Å². The Labute approximate surface area is 162 Å². The lowest BCUT2D eigenvalue weighted by Gasteiger charge is -2.22. The van der Waals surface area contributed by atoms with E-state index in [1.807, 2.05) is 0 Å². The maximum Gasteiger partial charge on any atom is 0.321 e. The van der Waals surface area contributed by atoms with Gasteiger partial charge in [-0.3, -0.25) is 19.7 Å². The van der Waals surface area contributed by atoms with Crippen LogP contribution in [-0.2, 0) is 14.4 Å². The third-order valence-electron chi connectivity index (χ3n) is 5.10. The van der Waals surface area contributed by atoms with Crippen LogP contribution in [0.25, 0.3) is 0 Å². The van der Waals surface area contributed by atoms with Crippen molar-refractivity contribution in [3.8, 4) is 5.75 Å². The van der Waals surface area contributed by atoms with Gasteiger partial charge in [-0.05, 0) is 30.3 Å². The Morgan fingerprint density at radius 1 is 1.00 bits per heavy atom. The van der Waals surface area contributed by atoms with Gasteiger partial charge in [-0.15, -0.1) is 0 Å². The predicted molar refractivity (Wildman–Crippen MR) is 99.0 cm³/mol. The first kappa shape index (κ1) is 17.7. The van der Waals surface area contributed by atoms with E-state index in [-0.39, 0.29) is 5.75 Å². The van der Waals surface area contributed by atoms with Gasteiger partial charge in [-0.1, -0.05) is 34.1 Å². The van der Waals surface area contributed by atoms with E-state index in [0.29, 0.717) is 11.3 Å². The second-order valence-electron chi connectivity index (χ2n) is 6.56. The van der Waals surface area contributed by atoms with Crippen molar-refractivity contribution in [1.29, 1.82) is 0 Å². The molecule has 2 heterocycles. The zero-order valence-electron chi connectivity index (χ0n) is 13.9. The van der Waals surface area contributed by atoms with Gasteiger partial charge in [0.05, 0.1) is 17.5 Å². The number of imide groups is 1. The number of nitrogens with one attached hydrogen (secondary N) is 1. The Balaban J connectivity index is 1.79. The maximum atomic E-state index is 13.1. The standard InChI is InChI=1S/C19H15BrN2O5/c20-9-5-7-10(8-6-9)22-17(24)13-14(18(22)25)16(19(26)27)21-15(13)11-3-1-2-4-12(11)23/h1-8,13-16,21,23H,(H,26,27)/t13-,14-,15-,16-/m0/s1. The number of rotatable bonds is 3. The molecule has 2 saturated heterocycles. The second kappa shape index (κ2) is 6.47. The summed E-state index contributed by atoms with van der Waals surface area (Å²) >= 11 is 3.31. The molecule has 0 bridgehead atoms. The van der Waals surface area contributed by atoms with Gasteiger partial charge in [-0.25, -0.2) is 4.90 Å². The molecular weight excluding hydrogens is 416 g/mol. The van der Waals surface area contributed by atoms with Gasteiger partial charge in [-0.2, -0.15) is 0 Å². The number of hydrogen-bond donors (Lipinski definition) is 3. The molecule has 0 aliphatic carbocycles. The zero-order chi connectivity index (χ0) is 19.3. The van der Waals surface area contributed by atoms with Gasteiger partial charge in [0, 0.05) is 16.1 Å². The fraction of sp³-hybridized carbons (Fsp3) is 0.211. The number of phenolic OH excluding ortho intramolecular Hbond substituents is 1. The molecule has 2 aliphatic heterocycles. The number of phenols is 1. The normalized spacial score (nSPS) is 27.1. The SMILES string of the molecule is O=C(O)[C@H]1N[C@@H](c2ccccc2O)[C@H]2C(=O)N(c3ccc(Br)cc3)C(=O)[C@@H]21. The summed E-state index contributed by atoms with van der Waals surface area (Å²) in [5.41, 5.74) is 0.790. The number of fused-ring (bicyclic) bond motifs is 1. The first-order chi connectivity index (χ1) is 12.9. The molecule has 8 heteroatoms. The molecule has 4 rings (SSSR count). The molecule has 4 atom stereocenters. The number of carboxylic acids is 1. The van der Waals surface area contributed by atoms with Crippen LogP contribution in [0.15, 0.2) is 53.0 Å². The van der Waals surface area contributed by atoms with E-state index in [0.717, 1.165) is 9.37 Å². The number of carbonyl (C=O) groups is 3. The van der Waals surface area contributed by atoms with Crippen LogP contribution >= 0.6 is 15.9 Å². The lowest BCUT2D eigenvalue weighted by molar-refractivity contribution is -0.142. The minimum Gasteiger partial charge on any atom is -0.508 e. The van der Waals surface area contributed by atoms with Crippen LogP contribution in [0.3, 0.4) is 0 Å². The molecule has 2 aromatic rings. The first-order valence-corrected chi connectivity index (χ1v) is 9.09. The summed E-state index contributed by atoms with van der Waals surface area (Å²) < 4.78 is 0.794. The highest BCUT2D eigenvalue weighted by Gasteiger charge is 2.61. The number of anilines is 1. The molecule has 2 fully saturated rings. The van der Waals surface area contributed by atoms with Crippen molar-refractivity contribution in [2.45, 2.75) is 12.1 Å². The molecule has 0 spiro atoms. The fourth-order valence-corrected chi connectivity index (χ4v) is 4.18. The molecule has 0 radical (unpaired) electrons. The van der Waals surface area contributed by atoms with Crippen molar-refractivity contribution in [3.63, 3.8) is 0 Å². The van der Waals surface area contributed by atoms with Gasteiger partial charge in [0.15, 0.2) is 0 Å². The van der Waals surface area contributed by atoms with Crippen LogP contribution in [-0.4, -0.2) is 34.0 Å². The topological polar surface area (TPSA) is 107 Å². The number of nitrogens with zero attached hydrogens (tertiary/aromatic N) is 1. The van der Waals surface area contributed by atoms with Crippen molar-refractivity contribution in [1.82, 2.24) is 5.32 Å². The zero-order valence-corrected chi connectivity index (χ0v) is 15.5. The smallest absolute Gasteiger partial charge is 0.321 e. The fourth-order valence-electron chi connectivity index (χ4n) is 3.92. The summed E-state index contributed by atoms with van der Waals surface area (Å²) in [5, 5.41) is 22.6. The van der Waals surface area contributed by atoms with Crippen LogP contribution in [0.1, 0.15) is 11.6 Å². The third kappa shape index (κ3) is 2.72. The minimum absolute atomic E-state index is 0.0536. The van der Waals surface area contributed by atoms with Crippen LogP contribution in [0, 0.1) is 11.8 Å². The highest BCUT2D eigenvalue weighted by Crippen LogP contribution is 2.46. The lowest BCUT2D eigenvalue weighted by Crippen LogP contribution is -2.43. The quantitative estimate of drug-likeness (QED) is 0.643. The minimum atomic E-state index is -1.21. The highest BCUT2D eigenvalue weighted by molar-refractivity contribution is 9.10. The molecule has 0 unspecified atom stereocenters. The molecule has 0 saturated carbocycles. The number of carboxylic acid groups (broad SMARTS) is 1. The van der Waals surface area contributed by atoms with Crippen molar-refractivity contribution < 1.29 is 24.6 Å². The Kier molecular flexibility index (Phi) is 4.24. The maximum absolute atomic E-state index is 13.1. The van der Waals surface area contributed by atoms with Crippen LogP contribution in [0.2, 0.25) is 0 Å². The van der Waals surface area contributed by atoms with Crippen LogP contribution in [0.4, 0.5) is 5.69 Å². The molecule has 2 aromatic carbocycles. The van der Waals surface area contributed by atoms with Gasteiger partial charge in [0.25, 0.3) is 0 Å². The predicted octanol–water partition coefficient (Wildman–Crippen LogP) is 2.06. The Morgan fingerprint density at radius 2 is 1.63 bits per heavy atom. The summed E-state index contributed by atoms with van der Waals surface area (Å²) in [7, 11) is 0. The number of hydrogen-bond acceptors (Lipinski definition) is 5. The summed E-state index contributed by atoms with van der Waals surface area (Å²) in [6.45, 7) is 0. The number of benzene rings is 2. The molecule has 0 aromatic heterocycles. The first-order valence-electron chi connectivity index (χ1n) is 8.30. The molecule has 138 valence electrons. The van der Waals surface area contributed by atoms with E-state index in [1.54, 1.807) is 42.5 Å². The Hall–Kier alpha value is -2.71. The Bertz CT molecular complexity index is 945. The monoisotopic (exact) mass is 430 g/mol. The number of aromatic hydroxyl groups is 1. The van der Waals surface area contributed by atoms with E-state index < -0.39 is 41.7 Å². The van der Waals surface area contributed by atoms with Gasteiger partial charge < -0.3 is 10.2 Å². The van der Waals surface area contributed by atoms with Crippen LogP contribution in [0.5, 0.6) is 5.75 Å². The van der Waals surface area contributed by atoms with Gasteiger partial charge >= 0.3 is 5.97 Å². The van der Waals surface area contributed by atoms with E-state index in [1.165, 1.54) is 6.07 Å². The molecule has 2 aliphatic rings. The molecular formula is C19H15BrN2O5. The van der Waals surface area contributed by atoms with Crippen molar-refractivity contribution in [3.05, 3.63) is 58.6 Å². The average Bonchev–Trinajstić information content (AvgIpc) is 3.14. The number of carbonyl (C=O) groups excluding carboxylic acids is 2. The summed E-state index contributed by atoms with van der Waals surface area (Å²) in [4.78, 5) is 38.9. The van der Waals surface area contributed by atoms with Gasteiger partial charge in [0.2, 0.25) is 11.8 Å². The van der Waals surface area contributed by atoms with E-state index in [9.17, 15) is 24.6 Å². The van der Waals surface area contributed by atoms with Crippen molar-refractivity contribution in [2.75, 3.05) is 4.90 Å². The molecule has 2 amide bonds. The number of halogens is 1. The van der Waals surface area contributed by atoms with E-state index in [4.69, 9.17) is 0 Å². The molecule has 7 nitrogen and oxygen atoms in total. The molecule has 3 N–H and O–H groups in total. The summed E-state index contributed by atoms with van der Waals surface area (Å²) in [6, 6.07) is 11.1. The van der Waals surface area contributed by atoms with E-state index >= 15 is 0 Å². The van der Waals surface area contributed by atoms with Gasteiger partial charge in [0.1, 0.15) is 11.8 Å². The summed E-state index contributed by atoms with van der Waals surface area (Å²) in [5.74, 6) is -4.23. The summed E-state index contributed by atoms with van der Waals surface area (Å²) in [6.07, 6.45) is 0. The second-order valence-corrected chi connectivity index (χ2v) is 7.47. The number of amides is 2. The average molecular weight is 431 g/mol. The van der Waals surface area contributed by atoms with Crippen LogP contribution < -0.4 is 10.2 Å². The third-order valence-corrected chi connectivity index (χ3v) is 5.63. The Morgan fingerprint density at radius 3 is 2.26 bits per heavy atom.